The van der Waals surface area contributed by atoms with Gasteiger partial charge in [0.15, 0.2) is 5.52 Å². The highest BCUT2D eigenvalue weighted by Crippen LogP contribution is 2.40. The van der Waals surface area contributed by atoms with Crippen LogP contribution in [-0.4, -0.2) is 9.55 Å². The molecular formula is C21H14N3S+. The molecule has 1 aliphatic rings. The van der Waals surface area contributed by atoms with Gasteiger partial charge in [0.25, 0.3) is 5.82 Å². The van der Waals surface area contributed by atoms with Gasteiger partial charge in [-0.3, -0.25) is 4.98 Å². The minimum absolute atomic E-state index is 0.913. The van der Waals surface area contributed by atoms with Crippen molar-refractivity contribution in [3.8, 4) is 17.1 Å². The third-order valence-electron chi connectivity index (χ3n) is 4.98. The summed E-state index contributed by atoms with van der Waals surface area (Å²) in [5.74, 6) is 1.24. The third-order valence-corrected chi connectivity index (χ3v) is 6.17. The fourth-order valence-corrected chi connectivity index (χ4v) is 5.10. The first kappa shape index (κ1) is 13.3. The summed E-state index contributed by atoms with van der Waals surface area (Å²) in [5, 5.41) is 1.32. The van der Waals surface area contributed by atoms with Gasteiger partial charge >= 0.3 is 0 Å². The van der Waals surface area contributed by atoms with Gasteiger partial charge in [-0.1, -0.05) is 41.7 Å². The van der Waals surface area contributed by atoms with E-state index in [0.29, 0.717) is 0 Å². The van der Waals surface area contributed by atoms with Crippen LogP contribution in [-0.2, 0) is 6.54 Å². The summed E-state index contributed by atoms with van der Waals surface area (Å²) in [6, 6.07) is 21.5. The van der Waals surface area contributed by atoms with Crippen LogP contribution in [0.3, 0.4) is 0 Å². The average molecular weight is 340 g/mol. The van der Waals surface area contributed by atoms with Crippen molar-refractivity contribution in [3.05, 3.63) is 78.6 Å². The Morgan fingerprint density at radius 3 is 2.72 bits per heavy atom. The molecule has 0 saturated heterocycles. The highest BCUT2D eigenvalue weighted by molar-refractivity contribution is 7.25. The number of hydrogen-bond acceptors (Lipinski definition) is 2. The zero-order chi connectivity index (χ0) is 16.4. The van der Waals surface area contributed by atoms with E-state index in [9.17, 15) is 0 Å². The number of rotatable bonds is 1. The lowest BCUT2D eigenvalue weighted by molar-refractivity contribution is -0.643. The van der Waals surface area contributed by atoms with Crippen LogP contribution in [0.2, 0.25) is 0 Å². The van der Waals surface area contributed by atoms with Crippen LogP contribution in [0.15, 0.2) is 73.1 Å². The zero-order valence-electron chi connectivity index (χ0n) is 13.4. The first-order valence-electron chi connectivity index (χ1n) is 8.36. The third kappa shape index (κ3) is 1.69. The maximum absolute atomic E-state index is 4.38. The second-order valence-corrected chi connectivity index (χ2v) is 7.40. The molecule has 118 valence electrons. The molecule has 5 aromatic rings. The summed E-state index contributed by atoms with van der Waals surface area (Å²) >= 11 is 1.87. The SMILES string of the molecule is c1ccc(-n2c3[n+](c4sc5ccccc5c42)Cc2ccncc2-3)cc1. The van der Waals surface area contributed by atoms with Gasteiger partial charge in [0.05, 0.1) is 5.56 Å². The molecule has 1 aliphatic heterocycles. The largest absolute Gasteiger partial charge is 0.298 e. The number of aromatic nitrogens is 3. The van der Waals surface area contributed by atoms with E-state index in [2.05, 4.69) is 74.8 Å². The molecule has 3 aromatic heterocycles. The molecule has 6 rings (SSSR count). The van der Waals surface area contributed by atoms with Crippen molar-refractivity contribution in [1.82, 2.24) is 9.55 Å². The zero-order valence-corrected chi connectivity index (χ0v) is 14.2. The Morgan fingerprint density at radius 1 is 0.960 bits per heavy atom. The molecule has 2 aromatic carbocycles. The van der Waals surface area contributed by atoms with E-state index >= 15 is 0 Å². The lowest BCUT2D eigenvalue weighted by Crippen LogP contribution is -2.30. The van der Waals surface area contributed by atoms with Gasteiger partial charge in [0, 0.05) is 28.0 Å². The van der Waals surface area contributed by atoms with Crippen molar-refractivity contribution < 1.29 is 4.57 Å². The fraction of sp³-hybridized carbons (Fsp3) is 0.0476. The van der Waals surface area contributed by atoms with Crippen LogP contribution in [0.25, 0.3) is 37.5 Å². The summed E-state index contributed by atoms with van der Waals surface area (Å²) in [6.07, 6.45) is 3.89. The molecule has 0 fully saturated rings. The molecular weight excluding hydrogens is 326 g/mol. The van der Waals surface area contributed by atoms with E-state index in [1.807, 2.05) is 23.7 Å². The number of thiophene rings is 1. The predicted molar refractivity (Wildman–Crippen MR) is 101 cm³/mol. The average Bonchev–Trinajstić information content (AvgIpc) is 3.30. The highest BCUT2D eigenvalue weighted by Gasteiger charge is 2.37. The normalized spacial score (nSPS) is 12.6. The monoisotopic (exact) mass is 340 g/mol. The first-order chi connectivity index (χ1) is 12.4. The van der Waals surface area contributed by atoms with Crippen molar-refractivity contribution in [1.29, 1.82) is 0 Å². The van der Waals surface area contributed by atoms with Crippen LogP contribution in [0.1, 0.15) is 5.56 Å². The van der Waals surface area contributed by atoms with Crippen molar-refractivity contribution in [2.45, 2.75) is 6.54 Å². The molecule has 0 bridgehead atoms. The lowest BCUT2D eigenvalue weighted by Gasteiger charge is -2.01. The summed E-state index contributed by atoms with van der Waals surface area (Å²) in [6.45, 7) is 0.913. The highest BCUT2D eigenvalue weighted by atomic mass is 32.1. The Bertz CT molecular complexity index is 1260. The van der Waals surface area contributed by atoms with E-state index in [4.69, 9.17) is 0 Å². The van der Waals surface area contributed by atoms with Gasteiger partial charge in [-0.05, 0) is 30.3 Å². The van der Waals surface area contributed by atoms with Gasteiger partial charge in [0.1, 0.15) is 12.2 Å². The maximum Gasteiger partial charge on any atom is 0.298 e. The van der Waals surface area contributed by atoms with E-state index in [-0.39, 0.29) is 0 Å². The Hall–Kier alpha value is -2.98. The Morgan fingerprint density at radius 2 is 1.80 bits per heavy atom. The number of benzene rings is 2. The summed E-state index contributed by atoms with van der Waals surface area (Å²) in [7, 11) is 0. The topological polar surface area (TPSA) is 21.7 Å². The Kier molecular flexibility index (Phi) is 2.54. The van der Waals surface area contributed by atoms with E-state index in [0.717, 1.165) is 6.54 Å². The van der Waals surface area contributed by atoms with Crippen molar-refractivity contribution in [2.24, 2.45) is 0 Å². The minimum Gasteiger partial charge on any atom is -0.264 e. The van der Waals surface area contributed by atoms with Gasteiger partial charge in [-0.15, -0.1) is 0 Å². The van der Waals surface area contributed by atoms with Crippen LogP contribution in [0.5, 0.6) is 0 Å². The number of para-hydroxylation sites is 1. The molecule has 4 heteroatoms. The second-order valence-electron chi connectivity index (χ2n) is 6.37. The molecule has 0 atom stereocenters. The van der Waals surface area contributed by atoms with Gasteiger partial charge in [-0.25, -0.2) is 4.57 Å². The van der Waals surface area contributed by atoms with Crippen LogP contribution in [0.4, 0.5) is 0 Å². The van der Waals surface area contributed by atoms with Crippen LogP contribution in [0, 0.1) is 0 Å². The maximum atomic E-state index is 4.38. The van der Waals surface area contributed by atoms with Crippen molar-refractivity contribution in [3.63, 3.8) is 0 Å². The van der Waals surface area contributed by atoms with E-state index in [1.165, 1.54) is 43.1 Å². The molecule has 25 heavy (non-hydrogen) atoms. The lowest BCUT2D eigenvalue weighted by atomic mass is 10.1. The number of imidazole rings is 1. The molecule has 0 spiro atoms. The number of hydrogen-bond donors (Lipinski definition) is 0. The van der Waals surface area contributed by atoms with Crippen molar-refractivity contribution >= 4 is 31.8 Å². The quantitative estimate of drug-likeness (QED) is 0.402. The molecule has 0 amide bonds. The molecule has 0 radical (unpaired) electrons. The standard InChI is InChI=1S/C21H14N3S/c1-2-6-15(7-3-1)24-19-16-8-4-5-9-18(16)25-21(19)23-13-14-10-11-22-12-17(14)20(23)24/h1-12H,13H2/q+1. The molecule has 3 nitrogen and oxygen atoms in total. The first-order valence-corrected chi connectivity index (χ1v) is 9.18. The Labute approximate surface area is 148 Å². The smallest absolute Gasteiger partial charge is 0.264 e. The molecule has 0 saturated carbocycles. The predicted octanol–water partition coefficient (Wildman–Crippen LogP) is 4.56. The summed E-state index contributed by atoms with van der Waals surface area (Å²) in [5.41, 5.74) is 5.07. The van der Waals surface area contributed by atoms with Crippen LogP contribution < -0.4 is 4.57 Å². The van der Waals surface area contributed by atoms with E-state index in [1.54, 1.807) is 0 Å². The molecule has 0 unspecified atom stereocenters. The van der Waals surface area contributed by atoms with Gasteiger partial charge in [0.2, 0.25) is 4.83 Å². The van der Waals surface area contributed by atoms with Crippen LogP contribution >= 0.6 is 11.3 Å². The number of nitrogens with zero attached hydrogens (tertiary/aromatic N) is 3. The van der Waals surface area contributed by atoms with Gasteiger partial charge < -0.3 is 0 Å². The van der Waals surface area contributed by atoms with Crippen molar-refractivity contribution in [2.75, 3.05) is 0 Å². The summed E-state index contributed by atoms with van der Waals surface area (Å²) in [4.78, 5) is 5.71. The molecule has 0 N–H and O–H groups in total. The summed E-state index contributed by atoms with van der Waals surface area (Å²) < 4.78 is 6.18. The molecule has 0 aliphatic carbocycles. The number of pyridine rings is 1. The Balaban J connectivity index is 1.84. The van der Waals surface area contributed by atoms with E-state index < -0.39 is 0 Å². The second kappa shape index (κ2) is 4.77. The minimum atomic E-state index is 0.913. The van der Waals surface area contributed by atoms with Gasteiger partial charge in [-0.2, -0.15) is 4.57 Å². The molecule has 4 heterocycles. The fourth-order valence-electron chi connectivity index (χ4n) is 3.91. The number of fused-ring (bicyclic) bond motifs is 7.